The van der Waals surface area contributed by atoms with Crippen LogP contribution >= 0.6 is 11.3 Å². The number of benzene rings is 2. The van der Waals surface area contributed by atoms with Crippen molar-refractivity contribution in [2.45, 2.75) is 105 Å². The minimum atomic E-state index is 0.786. The Balaban J connectivity index is 1.72. The van der Waals surface area contributed by atoms with Crippen LogP contribution in [0.3, 0.4) is 0 Å². The van der Waals surface area contributed by atoms with Crippen LogP contribution in [0.5, 0.6) is 11.5 Å². The molecule has 2 nitrogen and oxygen atoms in total. The van der Waals surface area contributed by atoms with Gasteiger partial charge in [0.2, 0.25) is 0 Å². The van der Waals surface area contributed by atoms with Crippen LogP contribution in [0.25, 0.3) is 20.2 Å². The standard InChI is InChI=1S/C30H44O2S/c1-5-7-9-11-13-15-17-31-25-21-27-26-20-23(3)19-24(4)29(26)33-30(27)28(22-25)32-18-16-14-12-10-8-6-2/h19-22H,5-18H2,1-4H3. The van der Waals surface area contributed by atoms with Gasteiger partial charge in [-0.3, -0.25) is 0 Å². The Bertz CT molecular complexity index is 988. The van der Waals surface area contributed by atoms with Crippen molar-refractivity contribution < 1.29 is 9.47 Å². The molecule has 0 saturated heterocycles. The van der Waals surface area contributed by atoms with Crippen LogP contribution in [-0.4, -0.2) is 13.2 Å². The first-order valence-corrected chi connectivity index (χ1v) is 14.2. The summed E-state index contributed by atoms with van der Waals surface area (Å²) in [6, 6.07) is 8.97. The maximum absolute atomic E-state index is 6.37. The second-order valence-corrected chi connectivity index (χ2v) is 10.6. The molecule has 0 atom stereocenters. The van der Waals surface area contributed by atoms with Gasteiger partial charge in [-0.15, -0.1) is 11.3 Å². The minimum Gasteiger partial charge on any atom is -0.493 e. The molecular weight excluding hydrogens is 424 g/mol. The molecule has 182 valence electrons. The number of thiophene rings is 1. The zero-order valence-corrected chi connectivity index (χ0v) is 22.3. The second-order valence-electron chi connectivity index (χ2n) is 9.59. The van der Waals surface area contributed by atoms with Crippen LogP contribution in [0.2, 0.25) is 0 Å². The monoisotopic (exact) mass is 468 g/mol. The van der Waals surface area contributed by atoms with E-state index in [1.807, 2.05) is 11.3 Å². The predicted molar refractivity (Wildman–Crippen MR) is 147 cm³/mol. The van der Waals surface area contributed by atoms with Crippen LogP contribution in [0, 0.1) is 13.8 Å². The van der Waals surface area contributed by atoms with E-state index in [0.717, 1.165) is 37.6 Å². The van der Waals surface area contributed by atoms with E-state index in [9.17, 15) is 0 Å². The number of rotatable bonds is 16. The zero-order valence-electron chi connectivity index (χ0n) is 21.4. The van der Waals surface area contributed by atoms with Crippen LogP contribution in [0.4, 0.5) is 0 Å². The molecule has 3 aromatic rings. The Morgan fingerprint density at radius 1 is 0.606 bits per heavy atom. The van der Waals surface area contributed by atoms with Crippen LogP contribution in [0.1, 0.15) is 102 Å². The molecule has 33 heavy (non-hydrogen) atoms. The highest BCUT2D eigenvalue weighted by Crippen LogP contribution is 2.43. The van der Waals surface area contributed by atoms with Gasteiger partial charge in [-0.05, 0) is 44.4 Å². The Morgan fingerprint density at radius 3 is 1.85 bits per heavy atom. The number of unbranched alkanes of at least 4 members (excludes halogenated alkanes) is 10. The van der Waals surface area contributed by atoms with Gasteiger partial charge in [-0.2, -0.15) is 0 Å². The summed E-state index contributed by atoms with van der Waals surface area (Å²) in [7, 11) is 0. The summed E-state index contributed by atoms with van der Waals surface area (Å²) >= 11 is 1.87. The van der Waals surface area contributed by atoms with Crippen LogP contribution in [-0.2, 0) is 0 Å². The van der Waals surface area contributed by atoms with Gasteiger partial charge in [0.25, 0.3) is 0 Å². The molecule has 0 unspecified atom stereocenters. The lowest BCUT2D eigenvalue weighted by molar-refractivity contribution is 0.292. The van der Waals surface area contributed by atoms with E-state index < -0.39 is 0 Å². The van der Waals surface area contributed by atoms with Crippen molar-refractivity contribution in [3.8, 4) is 11.5 Å². The maximum atomic E-state index is 6.37. The molecule has 0 bridgehead atoms. The average Bonchev–Trinajstić information content (AvgIpc) is 3.17. The summed E-state index contributed by atoms with van der Waals surface area (Å²) in [6.07, 6.45) is 15.4. The van der Waals surface area contributed by atoms with Gasteiger partial charge in [0.05, 0.1) is 17.9 Å². The maximum Gasteiger partial charge on any atom is 0.140 e. The van der Waals surface area contributed by atoms with Crippen molar-refractivity contribution in [3.63, 3.8) is 0 Å². The lowest BCUT2D eigenvalue weighted by Crippen LogP contribution is -2.00. The van der Waals surface area contributed by atoms with Crippen LogP contribution < -0.4 is 9.47 Å². The van der Waals surface area contributed by atoms with E-state index in [2.05, 4.69) is 52.0 Å². The summed E-state index contributed by atoms with van der Waals surface area (Å²) < 4.78 is 15.2. The van der Waals surface area contributed by atoms with Gasteiger partial charge in [-0.25, -0.2) is 0 Å². The molecule has 0 aliphatic carbocycles. The smallest absolute Gasteiger partial charge is 0.140 e. The summed E-state index contributed by atoms with van der Waals surface area (Å²) in [5.41, 5.74) is 2.66. The largest absolute Gasteiger partial charge is 0.493 e. The normalized spacial score (nSPS) is 11.5. The highest BCUT2D eigenvalue weighted by molar-refractivity contribution is 7.26. The minimum absolute atomic E-state index is 0.786. The van der Waals surface area contributed by atoms with E-state index in [4.69, 9.17) is 9.47 Å². The van der Waals surface area contributed by atoms with Gasteiger partial charge >= 0.3 is 0 Å². The molecule has 0 fully saturated rings. The third-order valence-electron chi connectivity index (χ3n) is 6.46. The molecule has 1 heterocycles. The molecule has 3 rings (SSSR count). The van der Waals surface area contributed by atoms with E-state index in [0.29, 0.717) is 0 Å². The fourth-order valence-electron chi connectivity index (χ4n) is 4.60. The zero-order chi connectivity index (χ0) is 23.5. The first-order valence-electron chi connectivity index (χ1n) is 13.4. The molecule has 0 N–H and O–H groups in total. The Morgan fingerprint density at radius 2 is 1.18 bits per heavy atom. The molecule has 3 heteroatoms. The molecular formula is C30H44O2S. The SMILES string of the molecule is CCCCCCCCOc1cc(OCCCCCCCC)c2sc3c(C)cc(C)cc3c2c1. The summed E-state index contributed by atoms with van der Waals surface area (Å²) in [5.74, 6) is 1.95. The van der Waals surface area contributed by atoms with Crippen molar-refractivity contribution in [2.24, 2.45) is 0 Å². The van der Waals surface area contributed by atoms with Gasteiger partial charge in [0.15, 0.2) is 0 Å². The fourth-order valence-corrected chi connectivity index (χ4v) is 5.80. The van der Waals surface area contributed by atoms with Crippen molar-refractivity contribution in [1.82, 2.24) is 0 Å². The first kappa shape index (κ1) is 25.9. The lowest BCUT2D eigenvalue weighted by atomic mass is 10.1. The predicted octanol–water partition coefficient (Wildman–Crippen LogP) is 10.1. The molecule has 0 aliphatic heterocycles. The second kappa shape index (κ2) is 13.8. The van der Waals surface area contributed by atoms with Crippen molar-refractivity contribution in [2.75, 3.05) is 13.2 Å². The molecule has 1 aromatic heterocycles. The van der Waals surface area contributed by atoms with E-state index >= 15 is 0 Å². The number of hydrogen-bond acceptors (Lipinski definition) is 3. The molecule has 0 aliphatic rings. The summed E-state index contributed by atoms with van der Waals surface area (Å²) in [4.78, 5) is 0. The topological polar surface area (TPSA) is 18.5 Å². The fraction of sp³-hybridized carbons (Fsp3) is 0.600. The first-order chi connectivity index (χ1) is 16.1. The van der Waals surface area contributed by atoms with Gasteiger partial charge in [0.1, 0.15) is 11.5 Å². The number of fused-ring (bicyclic) bond motifs is 3. The van der Waals surface area contributed by atoms with Crippen molar-refractivity contribution in [1.29, 1.82) is 0 Å². The summed E-state index contributed by atoms with van der Waals surface area (Å²) in [5, 5.41) is 2.61. The Labute approximate surface area is 205 Å². The Kier molecular flexibility index (Phi) is 10.9. The molecule has 0 amide bonds. The number of ether oxygens (including phenoxy) is 2. The van der Waals surface area contributed by atoms with Crippen molar-refractivity contribution in [3.05, 3.63) is 35.4 Å². The number of hydrogen-bond donors (Lipinski definition) is 0. The highest BCUT2D eigenvalue weighted by atomic mass is 32.1. The summed E-state index contributed by atoms with van der Waals surface area (Å²) in [6.45, 7) is 10.5. The van der Waals surface area contributed by atoms with Crippen LogP contribution in [0.15, 0.2) is 24.3 Å². The van der Waals surface area contributed by atoms with E-state index in [-0.39, 0.29) is 0 Å². The van der Waals surface area contributed by atoms with Gasteiger partial charge in [-0.1, -0.05) is 89.7 Å². The molecule has 2 aromatic carbocycles. The molecule has 0 spiro atoms. The van der Waals surface area contributed by atoms with E-state index in [1.54, 1.807) is 0 Å². The molecule has 0 saturated carbocycles. The lowest BCUT2D eigenvalue weighted by Gasteiger charge is -2.11. The highest BCUT2D eigenvalue weighted by Gasteiger charge is 2.15. The van der Waals surface area contributed by atoms with Crippen molar-refractivity contribution >= 4 is 31.5 Å². The quantitative estimate of drug-likeness (QED) is 0.195. The average molecular weight is 469 g/mol. The number of aryl methyl sites for hydroxylation is 2. The van der Waals surface area contributed by atoms with E-state index in [1.165, 1.54) is 95.5 Å². The third kappa shape index (κ3) is 7.64. The Hall–Kier alpha value is -1.74. The third-order valence-corrected chi connectivity index (χ3v) is 7.83. The van der Waals surface area contributed by atoms with Gasteiger partial charge in [0, 0.05) is 21.5 Å². The van der Waals surface area contributed by atoms with Gasteiger partial charge < -0.3 is 9.47 Å². The molecule has 0 radical (unpaired) electrons.